The van der Waals surface area contributed by atoms with E-state index in [1.54, 1.807) is 16.7 Å². The Kier molecular flexibility index (Phi) is 3.05. The Bertz CT molecular complexity index is 966. The minimum absolute atomic E-state index is 0.000283. The fraction of sp³-hybridized carbons (Fsp3) is 0.577. The van der Waals surface area contributed by atoms with E-state index in [0.29, 0.717) is 11.2 Å². The molecule has 146 valence electrons. The number of ketones is 1. The second kappa shape index (κ2) is 5.01. The van der Waals surface area contributed by atoms with E-state index in [9.17, 15) is 4.79 Å². The molecule has 2 heteroatoms. The highest BCUT2D eigenvalue weighted by molar-refractivity contribution is 6.03. The first-order chi connectivity index (χ1) is 13.4. The van der Waals surface area contributed by atoms with Crippen LogP contribution in [0.4, 0.5) is 0 Å². The number of hydrogen-bond donors (Lipinski definition) is 0. The Morgan fingerprint density at radius 3 is 2.68 bits per heavy atom. The molecule has 2 spiro atoms. The molecule has 6 aliphatic rings. The van der Waals surface area contributed by atoms with Crippen molar-refractivity contribution < 1.29 is 9.53 Å². The van der Waals surface area contributed by atoms with Gasteiger partial charge in [-0.3, -0.25) is 4.79 Å². The van der Waals surface area contributed by atoms with Crippen molar-refractivity contribution in [2.24, 2.45) is 21.7 Å². The smallest absolute Gasteiger partial charge is 0.166 e. The molecule has 2 nitrogen and oxygen atoms in total. The highest BCUT2D eigenvalue weighted by Gasteiger charge is 2.65. The van der Waals surface area contributed by atoms with Gasteiger partial charge in [-0.25, -0.2) is 0 Å². The average molecular weight is 375 g/mol. The van der Waals surface area contributed by atoms with E-state index in [1.807, 2.05) is 6.08 Å². The maximum Gasteiger partial charge on any atom is 0.166 e. The van der Waals surface area contributed by atoms with Crippen molar-refractivity contribution in [3.63, 3.8) is 0 Å². The summed E-state index contributed by atoms with van der Waals surface area (Å²) < 4.78 is 5.89. The molecule has 0 N–H and O–H groups in total. The molecule has 28 heavy (non-hydrogen) atoms. The lowest BCUT2D eigenvalue weighted by Crippen LogP contribution is -2.45. The SMILES string of the molecule is CCOC1=CCC2(C)C(=C1)C1(CC1)CC1=C2CCC23C(=O)C=CC2(C)CC=C13. The molecule has 0 amide bonds. The number of rotatable bonds is 2. The van der Waals surface area contributed by atoms with Crippen molar-refractivity contribution in [1.82, 2.24) is 0 Å². The summed E-state index contributed by atoms with van der Waals surface area (Å²) in [6.45, 7) is 7.58. The number of hydrogen-bond acceptors (Lipinski definition) is 2. The molecule has 0 saturated heterocycles. The van der Waals surface area contributed by atoms with Gasteiger partial charge in [0.25, 0.3) is 0 Å². The topological polar surface area (TPSA) is 26.3 Å². The van der Waals surface area contributed by atoms with Gasteiger partial charge in [0.15, 0.2) is 5.78 Å². The molecule has 0 aromatic rings. The van der Waals surface area contributed by atoms with Crippen LogP contribution in [0, 0.1) is 21.7 Å². The van der Waals surface area contributed by atoms with E-state index in [4.69, 9.17) is 4.74 Å². The average Bonchev–Trinajstić information content (AvgIpc) is 3.31. The van der Waals surface area contributed by atoms with Gasteiger partial charge in [0.05, 0.1) is 12.0 Å². The first kappa shape index (κ1) is 17.1. The third-order valence-electron chi connectivity index (χ3n) is 9.14. The molecule has 0 heterocycles. The molecule has 3 atom stereocenters. The number of fused-ring (bicyclic) bond motifs is 4. The van der Waals surface area contributed by atoms with Crippen LogP contribution >= 0.6 is 0 Å². The van der Waals surface area contributed by atoms with Crippen molar-refractivity contribution >= 4 is 5.78 Å². The van der Waals surface area contributed by atoms with Crippen LogP contribution in [0.15, 0.2) is 58.4 Å². The first-order valence-corrected chi connectivity index (χ1v) is 11.1. The number of carbonyl (C=O) groups excluding carboxylic acids is 1. The lowest BCUT2D eigenvalue weighted by molar-refractivity contribution is -0.124. The van der Waals surface area contributed by atoms with Crippen LogP contribution in [0.1, 0.15) is 65.7 Å². The van der Waals surface area contributed by atoms with E-state index in [1.165, 1.54) is 18.4 Å². The van der Waals surface area contributed by atoms with Gasteiger partial charge in [-0.05, 0) is 92.2 Å². The lowest BCUT2D eigenvalue weighted by atomic mass is 9.50. The summed E-state index contributed by atoms with van der Waals surface area (Å²) >= 11 is 0. The van der Waals surface area contributed by atoms with Crippen LogP contribution in [0.2, 0.25) is 0 Å². The Labute approximate surface area is 168 Å². The summed E-state index contributed by atoms with van der Waals surface area (Å²) in [6, 6.07) is 0. The van der Waals surface area contributed by atoms with Crippen molar-refractivity contribution in [3.05, 3.63) is 58.4 Å². The maximum absolute atomic E-state index is 13.2. The molecule has 6 rings (SSSR count). The quantitative estimate of drug-likeness (QED) is 0.594. The molecular weight excluding hydrogens is 344 g/mol. The van der Waals surface area contributed by atoms with Gasteiger partial charge >= 0.3 is 0 Å². The predicted molar refractivity (Wildman–Crippen MR) is 110 cm³/mol. The zero-order valence-electron chi connectivity index (χ0n) is 17.4. The lowest BCUT2D eigenvalue weighted by Gasteiger charge is -2.52. The zero-order chi connectivity index (χ0) is 19.4. The molecule has 0 aromatic heterocycles. The predicted octanol–water partition coefficient (Wildman–Crippen LogP) is 5.98. The van der Waals surface area contributed by atoms with Gasteiger partial charge in [-0.2, -0.15) is 0 Å². The van der Waals surface area contributed by atoms with E-state index in [0.717, 1.165) is 44.5 Å². The van der Waals surface area contributed by atoms with Crippen molar-refractivity contribution in [3.8, 4) is 0 Å². The fourth-order valence-electron chi connectivity index (χ4n) is 7.45. The minimum Gasteiger partial charge on any atom is -0.494 e. The van der Waals surface area contributed by atoms with E-state index in [2.05, 4.69) is 45.1 Å². The normalized spacial score (nSPS) is 41.7. The molecule has 1 fully saturated rings. The van der Waals surface area contributed by atoms with Gasteiger partial charge in [-0.1, -0.05) is 31.6 Å². The van der Waals surface area contributed by atoms with Crippen LogP contribution in [-0.2, 0) is 9.53 Å². The minimum atomic E-state index is -0.263. The zero-order valence-corrected chi connectivity index (χ0v) is 17.4. The van der Waals surface area contributed by atoms with E-state index in [-0.39, 0.29) is 16.2 Å². The first-order valence-electron chi connectivity index (χ1n) is 11.1. The molecular formula is C26H30O2. The van der Waals surface area contributed by atoms with E-state index >= 15 is 0 Å². The molecule has 0 aliphatic heterocycles. The largest absolute Gasteiger partial charge is 0.494 e. The number of allylic oxidation sites excluding steroid dienone is 9. The summed E-state index contributed by atoms with van der Waals surface area (Å²) in [5.41, 5.74) is 6.40. The molecule has 0 bridgehead atoms. The molecule has 0 aromatic carbocycles. The summed E-state index contributed by atoms with van der Waals surface area (Å²) in [4.78, 5) is 13.2. The van der Waals surface area contributed by atoms with Gasteiger partial charge in [0.1, 0.15) is 5.76 Å². The van der Waals surface area contributed by atoms with Crippen LogP contribution < -0.4 is 0 Å². The summed E-state index contributed by atoms with van der Waals surface area (Å²) in [5, 5.41) is 0. The second-order valence-electron chi connectivity index (χ2n) is 10.4. The third-order valence-corrected chi connectivity index (χ3v) is 9.14. The second-order valence-corrected chi connectivity index (χ2v) is 10.4. The van der Waals surface area contributed by atoms with Gasteiger partial charge in [-0.15, -0.1) is 0 Å². The fourth-order valence-corrected chi connectivity index (χ4v) is 7.45. The summed E-state index contributed by atoms with van der Waals surface area (Å²) in [7, 11) is 0. The van der Waals surface area contributed by atoms with E-state index < -0.39 is 0 Å². The van der Waals surface area contributed by atoms with Crippen LogP contribution in [0.3, 0.4) is 0 Å². The Morgan fingerprint density at radius 1 is 1.11 bits per heavy atom. The molecule has 3 unspecified atom stereocenters. The van der Waals surface area contributed by atoms with Crippen molar-refractivity contribution in [1.29, 1.82) is 0 Å². The van der Waals surface area contributed by atoms with Gasteiger partial charge < -0.3 is 4.74 Å². The molecule has 1 saturated carbocycles. The van der Waals surface area contributed by atoms with Gasteiger partial charge in [0.2, 0.25) is 0 Å². The van der Waals surface area contributed by atoms with Crippen LogP contribution in [0.25, 0.3) is 0 Å². The van der Waals surface area contributed by atoms with Gasteiger partial charge in [0, 0.05) is 10.8 Å². The summed E-state index contributed by atoms with van der Waals surface area (Å²) in [5.74, 6) is 1.43. The molecule has 0 radical (unpaired) electrons. The highest BCUT2D eigenvalue weighted by atomic mass is 16.5. The van der Waals surface area contributed by atoms with Crippen LogP contribution in [-0.4, -0.2) is 12.4 Å². The molecule has 6 aliphatic carbocycles. The Hall–Kier alpha value is -1.83. The van der Waals surface area contributed by atoms with Crippen molar-refractivity contribution in [2.45, 2.75) is 65.7 Å². The van der Waals surface area contributed by atoms with Crippen molar-refractivity contribution in [2.75, 3.05) is 6.61 Å². The Morgan fingerprint density at radius 2 is 1.93 bits per heavy atom. The third kappa shape index (κ3) is 1.75. The monoisotopic (exact) mass is 374 g/mol. The number of carbonyl (C=O) groups is 1. The highest BCUT2D eigenvalue weighted by Crippen LogP contribution is 2.74. The number of ether oxygens (including phenoxy) is 1. The summed E-state index contributed by atoms with van der Waals surface area (Å²) in [6.07, 6.45) is 19.0. The Balaban J connectivity index is 1.51. The van der Waals surface area contributed by atoms with Crippen LogP contribution in [0.5, 0.6) is 0 Å². The maximum atomic E-state index is 13.2. The standard InChI is InChI=1S/C26H30O2/c1-4-28-17-5-11-24(3)19-7-12-26-20(6-9-23(26,2)10-8-22(26)27)18(19)16-25(13-14-25)21(24)15-17/h5-6,8,10,15H,4,7,9,11-14,16H2,1-3H3.